The number of imidazole rings is 1. The van der Waals surface area contributed by atoms with Crippen molar-refractivity contribution >= 4 is 28.5 Å². The van der Waals surface area contributed by atoms with Crippen LogP contribution in [-0.2, 0) is 11.3 Å². The number of hydrogen-bond donors (Lipinski definition) is 1. The fourth-order valence-electron chi connectivity index (χ4n) is 5.15. The van der Waals surface area contributed by atoms with Gasteiger partial charge in [-0.2, -0.15) is 9.97 Å². The van der Waals surface area contributed by atoms with Crippen molar-refractivity contribution in [2.45, 2.75) is 32.2 Å². The van der Waals surface area contributed by atoms with Crippen molar-refractivity contribution in [2.24, 2.45) is 0 Å². The number of benzene rings is 2. The Balaban J connectivity index is 1.34. The Labute approximate surface area is 220 Å². The Hall–Kier alpha value is -3.63. The number of ether oxygens (including phenoxy) is 1. The smallest absolute Gasteiger partial charge is 0.296 e. The molecule has 2 aromatic carbocycles. The fourth-order valence-corrected chi connectivity index (χ4v) is 5.15. The number of fused-ring (bicyclic) bond motifs is 1. The number of aromatic nitrogens is 4. The van der Waals surface area contributed by atoms with Gasteiger partial charge < -0.3 is 15.0 Å². The molecule has 38 heavy (non-hydrogen) atoms. The van der Waals surface area contributed by atoms with Crippen molar-refractivity contribution in [3.63, 3.8) is 0 Å². The normalized spacial score (nSPS) is 16.9. The quantitative estimate of drug-likeness (QED) is 0.354. The third-order valence-corrected chi connectivity index (χ3v) is 7.09. The molecule has 2 fully saturated rings. The van der Waals surface area contributed by atoms with Crippen LogP contribution in [0.5, 0.6) is 0 Å². The Kier molecular flexibility index (Phi) is 7.15. The standard InChI is InChI=1S/C28H31F2N7O/c29-26(30)27-32-22-6-2-3-7-23(22)37(27)25-18-24(33-28(34-25)36-14-16-38-17-15-36)31-21-10-8-20(9-11-21)19-35-12-4-1-5-13-35/h2-3,6-11,18,26H,1,4-5,12-17,19H2,(H,31,33,34). The molecule has 6 rings (SSSR count). The fraction of sp³-hybridized carbons (Fsp3) is 0.393. The Bertz CT molecular complexity index is 1380. The highest BCUT2D eigenvalue weighted by Gasteiger charge is 2.23. The molecular weight excluding hydrogens is 488 g/mol. The minimum atomic E-state index is -2.76. The SMILES string of the molecule is FC(F)c1nc2ccccc2n1-c1cc(Nc2ccc(CN3CCCCC3)cc2)nc(N2CCOCC2)n1. The molecule has 198 valence electrons. The van der Waals surface area contributed by atoms with Crippen LogP contribution in [0, 0.1) is 0 Å². The van der Waals surface area contributed by atoms with Crippen LogP contribution in [0.15, 0.2) is 54.6 Å². The molecule has 4 heterocycles. The summed E-state index contributed by atoms with van der Waals surface area (Å²) in [7, 11) is 0. The Morgan fingerprint density at radius 1 is 0.868 bits per heavy atom. The lowest BCUT2D eigenvalue weighted by Gasteiger charge is -2.27. The third kappa shape index (κ3) is 5.32. The predicted molar refractivity (Wildman–Crippen MR) is 144 cm³/mol. The average Bonchev–Trinajstić information content (AvgIpc) is 3.35. The topological polar surface area (TPSA) is 71.3 Å². The highest BCUT2D eigenvalue weighted by atomic mass is 19.3. The second-order valence-corrected chi connectivity index (χ2v) is 9.76. The van der Waals surface area contributed by atoms with Gasteiger partial charge in [0.05, 0.1) is 24.2 Å². The van der Waals surface area contributed by atoms with Gasteiger partial charge in [0.25, 0.3) is 6.43 Å². The molecule has 8 nitrogen and oxygen atoms in total. The summed E-state index contributed by atoms with van der Waals surface area (Å²) < 4.78 is 35.1. The van der Waals surface area contributed by atoms with E-state index in [0.717, 1.165) is 25.3 Å². The van der Waals surface area contributed by atoms with E-state index in [4.69, 9.17) is 14.7 Å². The van der Waals surface area contributed by atoms with Gasteiger partial charge in [-0.1, -0.05) is 30.7 Å². The van der Waals surface area contributed by atoms with Gasteiger partial charge in [-0.25, -0.2) is 13.8 Å². The second-order valence-electron chi connectivity index (χ2n) is 9.76. The van der Waals surface area contributed by atoms with Gasteiger partial charge in [0.1, 0.15) is 11.6 Å². The molecule has 0 spiro atoms. The molecule has 2 aliphatic rings. The van der Waals surface area contributed by atoms with Crippen LogP contribution in [-0.4, -0.2) is 63.8 Å². The number of anilines is 3. The lowest BCUT2D eigenvalue weighted by molar-refractivity contribution is 0.122. The summed E-state index contributed by atoms with van der Waals surface area (Å²) in [4.78, 5) is 18.2. The predicted octanol–water partition coefficient (Wildman–Crippen LogP) is 5.32. The number of morpholine rings is 1. The third-order valence-electron chi connectivity index (χ3n) is 7.09. The van der Waals surface area contributed by atoms with E-state index in [9.17, 15) is 8.78 Å². The number of alkyl halides is 2. The molecule has 0 radical (unpaired) electrons. The van der Waals surface area contributed by atoms with Crippen molar-refractivity contribution in [3.05, 3.63) is 66.0 Å². The van der Waals surface area contributed by atoms with Gasteiger partial charge in [0.2, 0.25) is 5.95 Å². The maximum atomic E-state index is 14.1. The molecule has 4 aromatic rings. The van der Waals surface area contributed by atoms with Gasteiger partial charge in [-0.3, -0.25) is 9.47 Å². The highest BCUT2D eigenvalue weighted by molar-refractivity contribution is 5.78. The van der Waals surface area contributed by atoms with E-state index in [1.807, 2.05) is 23.1 Å². The first-order valence-corrected chi connectivity index (χ1v) is 13.2. The monoisotopic (exact) mass is 519 g/mol. The zero-order valence-corrected chi connectivity index (χ0v) is 21.2. The molecule has 0 unspecified atom stereocenters. The lowest BCUT2D eigenvalue weighted by Crippen LogP contribution is -2.37. The molecule has 2 saturated heterocycles. The number of rotatable bonds is 7. The highest BCUT2D eigenvalue weighted by Crippen LogP contribution is 2.30. The summed E-state index contributed by atoms with van der Waals surface area (Å²) in [5, 5.41) is 3.37. The molecule has 0 atom stereocenters. The number of piperidine rings is 1. The molecule has 2 aromatic heterocycles. The van der Waals surface area contributed by atoms with Crippen molar-refractivity contribution < 1.29 is 13.5 Å². The zero-order valence-electron chi connectivity index (χ0n) is 21.2. The number of nitrogens with one attached hydrogen (secondary N) is 1. The number of likely N-dealkylation sites (tertiary alicyclic amines) is 1. The van der Waals surface area contributed by atoms with Crippen LogP contribution < -0.4 is 10.2 Å². The maximum Gasteiger partial charge on any atom is 0.296 e. The lowest BCUT2D eigenvalue weighted by atomic mass is 10.1. The van der Waals surface area contributed by atoms with Crippen molar-refractivity contribution in [1.82, 2.24) is 24.4 Å². The van der Waals surface area contributed by atoms with Crippen molar-refractivity contribution in [1.29, 1.82) is 0 Å². The van der Waals surface area contributed by atoms with E-state index in [2.05, 4.69) is 27.3 Å². The van der Waals surface area contributed by atoms with Crippen LogP contribution >= 0.6 is 0 Å². The van der Waals surface area contributed by atoms with Crippen LogP contribution in [0.1, 0.15) is 37.1 Å². The van der Waals surface area contributed by atoms with Gasteiger partial charge in [-0.15, -0.1) is 0 Å². The first-order valence-electron chi connectivity index (χ1n) is 13.2. The molecular formula is C28H31F2N7O. The number of hydrogen-bond acceptors (Lipinski definition) is 7. The van der Waals surface area contributed by atoms with E-state index in [1.165, 1.54) is 29.4 Å². The van der Waals surface area contributed by atoms with Gasteiger partial charge in [0.15, 0.2) is 5.82 Å². The van der Waals surface area contributed by atoms with Gasteiger partial charge >= 0.3 is 0 Å². The first-order chi connectivity index (χ1) is 18.6. The van der Waals surface area contributed by atoms with E-state index in [1.54, 1.807) is 24.3 Å². The number of para-hydroxylation sites is 2. The molecule has 0 bridgehead atoms. The Morgan fingerprint density at radius 3 is 2.39 bits per heavy atom. The largest absolute Gasteiger partial charge is 0.378 e. The summed E-state index contributed by atoms with van der Waals surface area (Å²) in [6.45, 7) is 5.62. The minimum Gasteiger partial charge on any atom is -0.378 e. The minimum absolute atomic E-state index is 0.342. The van der Waals surface area contributed by atoms with E-state index < -0.39 is 6.43 Å². The summed E-state index contributed by atoms with van der Waals surface area (Å²) in [6.07, 6.45) is 1.09. The van der Waals surface area contributed by atoms with Crippen LogP contribution in [0.2, 0.25) is 0 Å². The average molecular weight is 520 g/mol. The molecule has 0 saturated carbocycles. The van der Waals surface area contributed by atoms with Gasteiger partial charge in [0, 0.05) is 31.4 Å². The molecule has 1 N–H and O–H groups in total. The summed E-state index contributed by atoms with van der Waals surface area (Å²) in [6, 6.07) is 17.1. The molecule has 2 aliphatic heterocycles. The number of nitrogens with zero attached hydrogens (tertiary/aromatic N) is 6. The van der Waals surface area contributed by atoms with Crippen molar-refractivity contribution in [3.8, 4) is 5.82 Å². The molecule has 0 aliphatic carbocycles. The van der Waals surface area contributed by atoms with E-state index >= 15 is 0 Å². The van der Waals surface area contributed by atoms with Gasteiger partial charge in [-0.05, 0) is 55.8 Å². The zero-order chi connectivity index (χ0) is 25.9. The maximum absolute atomic E-state index is 14.1. The van der Waals surface area contributed by atoms with E-state index in [-0.39, 0.29) is 5.82 Å². The van der Waals surface area contributed by atoms with Crippen LogP contribution in [0.3, 0.4) is 0 Å². The molecule has 0 amide bonds. The summed E-state index contributed by atoms with van der Waals surface area (Å²) in [5.41, 5.74) is 3.20. The summed E-state index contributed by atoms with van der Waals surface area (Å²) in [5.74, 6) is 0.992. The van der Waals surface area contributed by atoms with Crippen LogP contribution in [0.25, 0.3) is 16.9 Å². The first kappa shape index (κ1) is 24.7. The van der Waals surface area contributed by atoms with E-state index in [0.29, 0.717) is 54.9 Å². The number of halogens is 2. The Morgan fingerprint density at radius 2 is 1.63 bits per heavy atom. The molecule has 10 heteroatoms. The van der Waals surface area contributed by atoms with Crippen LogP contribution in [0.4, 0.5) is 26.2 Å². The van der Waals surface area contributed by atoms with Crippen molar-refractivity contribution in [2.75, 3.05) is 49.6 Å². The second kappa shape index (κ2) is 11.0. The summed E-state index contributed by atoms with van der Waals surface area (Å²) >= 11 is 0.